The molecule has 4 aromatic rings. The molecule has 192 valence electrons. The number of hydrogen-bond donors (Lipinski definition) is 2. The van der Waals surface area contributed by atoms with Crippen LogP contribution in [0.3, 0.4) is 0 Å². The van der Waals surface area contributed by atoms with Crippen LogP contribution in [0.25, 0.3) is 21.8 Å². The summed E-state index contributed by atoms with van der Waals surface area (Å²) in [4.78, 5) is 35.4. The molecule has 0 spiro atoms. The summed E-state index contributed by atoms with van der Waals surface area (Å²) >= 11 is 0. The molecule has 5 rings (SSSR count). The molecule has 2 N–H and O–H groups in total. The summed E-state index contributed by atoms with van der Waals surface area (Å²) in [5.74, 6) is -0.753. The fourth-order valence-electron chi connectivity index (χ4n) is 4.77. The van der Waals surface area contributed by atoms with Crippen molar-refractivity contribution in [2.24, 2.45) is 0 Å². The lowest BCUT2D eigenvalue weighted by Gasteiger charge is -2.27. The van der Waals surface area contributed by atoms with Crippen LogP contribution in [0.15, 0.2) is 59.5 Å². The number of benzene rings is 2. The number of aromatic amines is 1. The molecule has 3 heterocycles. The second-order valence-corrected chi connectivity index (χ2v) is 12.4. The first kappa shape index (κ1) is 24.9. The topological polar surface area (TPSA) is 112 Å². The zero-order valence-corrected chi connectivity index (χ0v) is 21.5. The minimum absolute atomic E-state index is 0.173. The number of aromatic nitrogens is 2. The Morgan fingerprint density at radius 1 is 1.14 bits per heavy atom. The number of pyridine rings is 2. The van der Waals surface area contributed by atoms with E-state index in [1.807, 2.05) is 11.0 Å². The van der Waals surface area contributed by atoms with Crippen LogP contribution in [0.1, 0.15) is 36.2 Å². The molecule has 1 amide bonds. The summed E-state index contributed by atoms with van der Waals surface area (Å²) in [5.41, 5.74) is 0.301. The number of hydrogen-bond acceptors (Lipinski definition) is 6. The fraction of sp³-hybridized carbons (Fsp3) is 0.296. The maximum Gasteiger partial charge on any atom is 0.255 e. The molecular formula is C27H27FN4O4S. The molecule has 2 aromatic carbocycles. The Kier molecular flexibility index (Phi) is 6.02. The van der Waals surface area contributed by atoms with E-state index in [1.165, 1.54) is 12.3 Å². The average molecular weight is 523 g/mol. The summed E-state index contributed by atoms with van der Waals surface area (Å²) in [7, 11) is -3.11. The normalized spacial score (nSPS) is 16.4. The molecule has 1 saturated heterocycles. The van der Waals surface area contributed by atoms with Crippen molar-refractivity contribution in [1.29, 1.82) is 0 Å². The van der Waals surface area contributed by atoms with Crippen LogP contribution in [0.5, 0.6) is 0 Å². The molecule has 37 heavy (non-hydrogen) atoms. The molecule has 0 bridgehead atoms. The predicted octanol–water partition coefficient (Wildman–Crippen LogP) is 3.50. The quantitative estimate of drug-likeness (QED) is 0.388. The summed E-state index contributed by atoms with van der Waals surface area (Å²) in [6.45, 7) is 4.56. The highest BCUT2D eigenvalue weighted by molar-refractivity contribution is 7.91. The van der Waals surface area contributed by atoms with E-state index in [4.69, 9.17) is 0 Å². The van der Waals surface area contributed by atoms with Gasteiger partial charge in [-0.2, -0.15) is 0 Å². The number of H-pyrrole nitrogens is 1. The Bertz CT molecular complexity index is 1700. The van der Waals surface area contributed by atoms with E-state index in [0.29, 0.717) is 47.3 Å². The van der Waals surface area contributed by atoms with Crippen LogP contribution in [0.2, 0.25) is 0 Å². The molecule has 0 saturated carbocycles. The highest BCUT2D eigenvalue weighted by Crippen LogP contribution is 2.26. The smallest absolute Gasteiger partial charge is 0.255 e. The van der Waals surface area contributed by atoms with Crippen LogP contribution in [-0.4, -0.2) is 48.9 Å². The highest BCUT2D eigenvalue weighted by Gasteiger charge is 2.31. The van der Waals surface area contributed by atoms with Crippen LogP contribution >= 0.6 is 0 Å². The van der Waals surface area contributed by atoms with Gasteiger partial charge >= 0.3 is 0 Å². The molecule has 1 unspecified atom stereocenters. The predicted molar refractivity (Wildman–Crippen MR) is 142 cm³/mol. The molecule has 10 heteroatoms. The number of para-hydroxylation sites is 1. The first-order valence-corrected chi connectivity index (χ1v) is 13.9. The number of fused-ring (bicyclic) bond motifs is 2. The van der Waals surface area contributed by atoms with E-state index in [0.717, 1.165) is 6.07 Å². The van der Waals surface area contributed by atoms with Gasteiger partial charge in [0.2, 0.25) is 0 Å². The van der Waals surface area contributed by atoms with Gasteiger partial charge in [0, 0.05) is 41.8 Å². The summed E-state index contributed by atoms with van der Waals surface area (Å²) in [6, 6.07) is 13.0. The highest BCUT2D eigenvalue weighted by atomic mass is 32.2. The maximum atomic E-state index is 15.0. The molecule has 0 radical (unpaired) electrons. The lowest BCUT2D eigenvalue weighted by Crippen LogP contribution is -2.41. The van der Waals surface area contributed by atoms with Gasteiger partial charge in [-0.15, -0.1) is 0 Å². The van der Waals surface area contributed by atoms with Crippen molar-refractivity contribution in [3.8, 4) is 0 Å². The Balaban J connectivity index is 1.38. The Hall–Kier alpha value is -3.79. The zero-order chi connectivity index (χ0) is 26.5. The number of anilines is 1. The molecule has 0 aliphatic carbocycles. The number of carbonyl (C=O) groups excluding carboxylic acids is 1. The molecule has 1 aliphatic heterocycles. The SMILES string of the molecule is CC(C)(NC(=O)c1cc2[nH]c3ccccc3c(=O)c2cc1F)c1ccc(N2CCC(S(C)(=O)=O)C2)nc1. The van der Waals surface area contributed by atoms with Crippen molar-refractivity contribution in [3.63, 3.8) is 0 Å². The summed E-state index contributed by atoms with van der Waals surface area (Å²) in [6.07, 6.45) is 3.44. The number of carbonyl (C=O) groups is 1. The van der Waals surface area contributed by atoms with Gasteiger partial charge in [-0.05, 0) is 56.2 Å². The van der Waals surface area contributed by atoms with Gasteiger partial charge in [0.1, 0.15) is 11.6 Å². The monoisotopic (exact) mass is 522 g/mol. The number of amides is 1. The molecule has 2 aromatic heterocycles. The van der Waals surface area contributed by atoms with Gasteiger partial charge in [0.05, 0.1) is 21.9 Å². The summed E-state index contributed by atoms with van der Waals surface area (Å²) < 4.78 is 38.7. The van der Waals surface area contributed by atoms with Crippen molar-refractivity contribution in [2.45, 2.75) is 31.1 Å². The fourth-order valence-corrected chi connectivity index (χ4v) is 5.76. The first-order valence-electron chi connectivity index (χ1n) is 11.9. The number of rotatable bonds is 5. The summed E-state index contributed by atoms with van der Waals surface area (Å²) in [5, 5.41) is 3.07. The van der Waals surface area contributed by atoms with Crippen LogP contribution in [0.4, 0.5) is 10.2 Å². The lowest BCUT2D eigenvalue weighted by molar-refractivity contribution is 0.0908. The molecule has 1 fully saturated rings. The molecule has 8 nitrogen and oxygen atoms in total. The van der Waals surface area contributed by atoms with Crippen LogP contribution < -0.4 is 15.6 Å². The Morgan fingerprint density at radius 2 is 1.89 bits per heavy atom. The van der Waals surface area contributed by atoms with E-state index < -0.39 is 32.4 Å². The second-order valence-electron chi connectivity index (χ2n) is 10.0. The zero-order valence-electron chi connectivity index (χ0n) is 20.7. The van der Waals surface area contributed by atoms with Gasteiger partial charge in [0.25, 0.3) is 5.91 Å². The van der Waals surface area contributed by atoms with Crippen molar-refractivity contribution in [2.75, 3.05) is 24.2 Å². The van der Waals surface area contributed by atoms with E-state index in [2.05, 4.69) is 15.3 Å². The van der Waals surface area contributed by atoms with Gasteiger partial charge in [-0.25, -0.2) is 17.8 Å². The van der Waals surface area contributed by atoms with Crippen molar-refractivity contribution < 1.29 is 17.6 Å². The van der Waals surface area contributed by atoms with E-state index in [-0.39, 0.29) is 16.4 Å². The minimum Gasteiger partial charge on any atom is -0.355 e. The average Bonchev–Trinajstić information content (AvgIpc) is 3.35. The van der Waals surface area contributed by atoms with E-state index in [9.17, 15) is 22.4 Å². The molecule has 1 aliphatic rings. The number of halogens is 1. The Labute approximate surface area is 213 Å². The van der Waals surface area contributed by atoms with Gasteiger partial charge in [-0.1, -0.05) is 18.2 Å². The third-order valence-corrected chi connectivity index (χ3v) is 8.60. The van der Waals surface area contributed by atoms with Crippen molar-refractivity contribution >= 4 is 43.4 Å². The van der Waals surface area contributed by atoms with Crippen molar-refractivity contribution in [3.05, 3.63) is 81.9 Å². The standard InChI is InChI=1S/C27H27FN4O4S/c1-27(2,16-8-9-24(29-14-16)32-11-10-17(15-32)37(3,35)36)31-26(34)19-13-23-20(12-21(19)28)25(33)18-6-4-5-7-22(18)30-23/h4-9,12-14,17H,10-11,15H2,1-3H3,(H,30,33)(H,31,34). The second kappa shape index (κ2) is 8.95. The molecular weight excluding hydrogens is 495 g/mol. The van der Waals surface area contributed by atoms with Gasteiger partial charge in [-0.3, -0.25) is 9.59 Å². The maximum absolute atomic E-state index is 15.0. The third-order valence-electron chi connectivity index (χ3n) is 7.01. The van der Waals surface area contributed by atoms with Crippen LogP contribution in [-0.2, 0) is 15.4 Å². The first-order chi connectivity index (χ1) is 17.4. The number of sulfone groups is 1. The van der Waals surface area contributed by atoms with Crippen LogP contribution in [0, 0.1) is 5.82 Å². The van der Waals surface area contributed by atoms with Crippen molar-refractivity contribution in [1.82, 2.24) is 15.3 Å². The van der Waals surface area contributed by atoms with E-state index in [1.54, 1.807) is 50.4 Å². The largest absolute Gasteiger partial charge is 0.355 e. The lowest BCUT2D eigenvalue weighted by atomic mass is 9.95. The van der Waals surface area contributed by atoms with Gasteiger partial charge < -0.3 is 15.2 Å². The Morgan fingerprint density at radius 3 is 2.57 bits per heavy atom. The van der Waals surface area contributed by atoms with Gasteiger partial charge in [0.15, 0.2) is 15.3 Å². The number of nitrogens with one attached hydrogen (secondary N) is 2. The number of nitrogens with zero attached hydrogens (tertiary/aromatic N) is 2. The van der Waals surface area contributed by atoms with E-state index >= 15 is 0 Å². The molecule has 1 atom stereocenters. The minimum atomic E-state index is -3.11. The third kappa shape index (κ3) is 4.69.